The molecule has 0 aliphatic carbocycles. The van der Waals surface area contributed by atoms with Gasteiger partial charge in [-0.05, 0) is 12.8 Å². The van der Waals surface area contributed by atoms with E-state index in [1.165, 1.54) is 13.3 Å². The van der Waals surface area contributed by atoms with E-state index in [0.29, 0.717) is 6.04 Å². The van der Waals surface area contributed by atoms with Crippen molar-refractivity contribution < 1.29 is 4.79 Å². The van der Waals surface area contributed by atoms with Crippen molar-refractivity contribution in [2.75, 3.05) is 13.1 Å². The second kappa shape index (κ2) is 3.56. The van der Waals surface area contributed by atoms with Crippen LogP contribution in [0.2, 0.25) is 0 Å². The smallest absolute Gasteiger partial charge is 0.216 e. The molecule has 0 spiro atoms. The molecule has 0 saturated carbocycles. The summed E-state index contributed by atoms with van der Waals surface area (Å²) in [6.07, 6.45) is 2.32. The summed E-state index contributed by atoms with van der Waals surface area (Å²) in [5, 5.41) is 7.05. The molecule has 0 aromatic rings. The highest BCUT2D eigenvalue weighted by atomic mass is 16.1. The molecule has 1 N–H and O–H groups in total. The summed E-state index contributed by atoms with van der Waals surface area (Å²) in [7, 11) is 0. The number of hydrogen-bond donors (Lipinski definition) is 1. The maximum Gasteiger partial charge on any atom is 0.216 e. The second-order valence-corrected chi connectivity index (χ2v) is 2.64. The molecule has 57 valence electrons. The molecule has 0 unspecified atom stereocenters. The molecule has 1 aliphatic rings. The Hall–Kier alpha value is -0.570. The van der Waals surface area contributed by atoms with E-state index >= 15 is 0 Å². The average Bonchev–Trinajstić information content (AvgIpc) is 2.34. The van der Waals surface area contributed by atoms with Crippen molar-refractivity contribution in [3.05, 3.63) is 0 Å². The molecule has 1 aliphatic heterocycles. The number of hydrogen-bond acceptors (Lipinski definition) is 1. The van der Waals surface area contributed by atoms with Crippen LogP contribution in [0.4, 0.5) is 0 Å². The third kappa shape index (κ3) is 2.35. The molecule has 1 fully saturated rings. The lowest BCUT2D eigenvalue weighted by Gasteiger charge is -2.07. The summed E-state index contributed by atoms with van der Waals surface area (Å²) in [4.78, 5) is 10.4. The van der Waals surface area contributed by atoms with E-state index in [1.54, 1.807) is 0 Å². The summed E-state index contributed by atoms with van der Waals surface area (Å²) < 4.78 is 0. The van der Waals surface area contributed by atoms with Crippen molar-refractivity contribution >= 4 is 5.91 Å². The van der Waals surface area contributed by atoms with Gasteiger partial charge in [0, 0.05) is 26.1 Å². The van der Waals surface area contributed by atoms with Crippen LogP contribution in [-0.2, 0) is 4.79 Å². The maximum absolute atomic E-state index is 10.4. The van der Waals surface area contributed by atoms with Gasteiger partial charge in [-0.1, -0.05) is 0 Å². The van der Waals surface area contributed by atoms with Crippen LogP contribution in [0.1, 0.15) is 19.8 Å². The topological polar surface area (TPSA) is 43.2 Å². The Morgan fingerprint density at radius 2 is 2.60 bits per heavy atom. The van der Waals surface area contributed by atoms with Crippen molar-refractivity contribution in [3.63, 3.8) is 0 Å². The average molecular weight is 141 g/mol. The standard InChI is InChI=1S/C7H13N2O/c1-6(10)9-5-7-3-2-4-8-7/h7H,2-5H2,1H3,(H,9,10)/t7-/m1/s1. The van der Waals surface area contributed by atoms with Gasteiger partial charge in [-0.25, -0.2) is 5.32 Å². The molecule has 3 heteroatoms. The summed E-state index contributed by atoms with van der Waals surface area (Å²) in [5.74, 6) is 0.0436. The van der Waals surface area contributed by atoms with Gasteiger partial charge in [0.05, 0.1) is 0 Å². The Kier molecular flexibility index (Phi) is 2.68. The molecule has 0 aromatic carbocycles. The maximum atomic E-state index is 10.4. The minimum Gasteiger partial charge on any atom is -0.355 e. The Morgan fingerprint density at radius 3 is 3.10 bits per heavy atom. The van der Waals surface area contributed by atoms with Gasteiger partial charge in [-0.2, -0.15) is 0 Å². The van der Waals surface area contributed by atoms with E-state index < -0.39 is 0 Å². The highest BCUT2D eigenvalue weighted by molar-refractivity contribution is 5.72. The van der Waals surface area contributed by atoms with Gasteiger partial charge < -0.3 is 5.32 Å². The molecule has 0 bridgehead atoms. The summed E-state index contributed by atoms with van der Waals surface area (Å²) in [5.41, 5.74) is 0. The first-order chi connectivity index (χ1) is 4.79. The van der Waals surface area contributed by atoms with Crippen LogP contribution < -0.4 is 10.6 Å². The number of carbonyl (C=O) groups excluding carboxylic acids is 1. The number of amides is 1. The van der Waals surface area contributed by atoms with E-state index in [4.69, 9.17) is 0 Å². The highest BCUT2D eigenvalue weighted by Gasteiger charge is 2.14. The molecular weight excluding hydrogens is 128 g/mol. The lowest BCUT2D eigenvalue weighted by atomic mass is 10.2. The number of nitrogens with one attached hydrogen (secondary N) is 1. The molecule has 1 heterocycles. The predicted molar refractivity (Wildman–Crippen MR) is 38.7 cm³/mol. The van der Waals surface area contributed by atoms with Gasteiger partial charge in [0.2, 0.25) is 5.91 Å². The second-order valence-electron chi connectivity index (χ2n) is 2.64. The zero-order valence-corrected chi connectivity index (χ0v) is 6.26. The van der Waals surface area contributed by atoms with Gasteiger partial charge >= 0.3 is 0 Å². The fraction of sp³-hybridized carbons (Fsp3) is 0.857. The van der Waals surface area contributed by atoms with Gasteiger partial charge in [-0.15, -0.1) is 0 Å². The zero-order valence-electron chi connectivity index (χ0n) is 6.26. The largest absolute Gasteiger partial charge is 0.355 e. The van der Waals surface area contributed by atoms with Crippen LogP contribution in [0, 0.1) is 0 Å². The molecule has 1 atom stereocenters. The molecule has 0 aromatic heterocycles. The van der Waals surface area contributed by atoms with Crippen molar-refractivity contribution in [2.24, 2.45) is 0 Å². The molecule has 10 heavy (non-hydrogen) atoms. The lowest BCUT2D eigenvalue weighted by molar-refractivity contribution is -0.119. The minimum absolute atomic E-state index is 0.0436. The summed E-state index contributed by atoms with van der Waals surface area (Å²) in [6.45, 7) is 3.24. The third-order valence-corrected chi connectivity index (χ3v) is 1.67. The Balaban J connectivity index is 2.07. The van der Waals surface area contributed by atoms with E-state index in [0.717, 1.165) is 19.5 Å². The molecule has 1 amide bonds. The first-order valence-electron chi connectivity index (χ1n) is 3.70. The lowest BCUT2D eigenvalue weighted by Crippen LogP contribution is -2.32. The first-order valence-corrected chi connectivity index (χ1v) is 3.70. The van der Waals surface area contributed by atoms with Crippen LogP contribution in [0.15, 0.2) is 0 Å². The van der Waals surface area contributed by atoms with Crippen LogP contribution in [0.25, 0.3) is 0 Å². The minimum atomic E-state index is 0.0436. The normalized spacial score (nSPS) is 24.7. The van der Waals surface area contributed by atoms with Gasteiger partial charge in [0.15, 0.2) is 0 Å². The van der Waals surface area contributed by atoms with E-state index in [9.17, 15) is 4.79 Å². The van der Waals surface area contributed by atoms with Crippen LogP contribution in [0.3, 0.4) is 0 Å². The molecule has 1 rings (SSSR count). The molecule has 3 nitrogen and oxygen atoms in total. The van der Waals surface area contributed by atoms with Crippen molar-refractivity contribution in [1.29, 1.82) is 0 Å². The monoisotopic (exact) mass is 141 g/mol. The number of rotatable bonds is 2. The van der Waals surface area contributed by atoms with Crippen molar-refractivity contribution in [3.8, 4) is 0 Å². The summed E-state index contributed by atoms with van der Waals surface area (Å²) in [6, 6.07) is 0.392. The fourth-order valence-corrected chi connectivity index (χ4v) is 1.12. The zero-order chi connectivity index (χ0) is 7.40. The fourth-order valence-electron chi connectivity index (χ4n) is 1.12. The van der Waals surface area contributed by atoms with Crippen molar-refractivity contribution in [1.82, 2.24) is 10.6 Å². The van der Waals surface area contributed by atoms with Crippen molar-refractivity contribution in [2.45, 2.75) is 25.8 Å². The third-order valence-electron chi connectivity index (χ3n) is 1.67. The van der Waals surface area contributed by atoms with Crippen LogP contribution in [-0.4, -0.2) is 25.0 Å². The predicted octanol–water partition coefficient (Wildman–Crippen LogP) is -0.111. The van der Waals surface area contributed by atoms with Crippen LogP contribution >= 0.6 is 0 Å². The van der Waals surface area contributed by atoms with E-state index in [2.05, 4.69) is 10.6 Å². The first kappa shape index (κ1) is 7.54. The van der Waals surface area contributed by atoms with Gasteiger partial charge in [-0.3, -0.25) is 4.79 Å². The molecule has 1 radical (unpaired) electrons. The van der Waals surface area contributed by atoms with Crippen LogP contribution in [0.5, 0.6) is 0 Å². The molecular formula is C7H13N2O. The van der Waals surface area contributed by atoms with E-state index in [1.807, 2.05) is 0 Å². The summed E-state index contributed by atoms with van der Waals surface area (Å²) >= 11 is 0. The number of carbonyl (C=O) groups is 1. The Labute approximate surface area is 61.2 Å². The van der Waals surface area contributed by atoms with E-state index in [-0.39, 0.29) is 5.91 Å². The van der Waals surface area contributed by atoms with Gasteiger partial charge in [0.1, 0.15) is 0 Å². The number of nitrogens with zero attached hydrogens (tertiary/aromatic N) is 1. The Bertz CT molecular complexity index is 119. The quantitative estimate of drug-likeness (QED) is 0.573. The highest BCUT2D eigenvalue weighted by Crippen LogP contribution is 2.04. The van der Waals surface area contributed by atoms with Gasteiger partial charge in [0.25, 0.3) is 0 Å². The SMILES string of the molecule is CC(=O)NC[C@H]1CCC[N]1. The molecule has 1 saturated heterocycles. The Morgan fingerprint density at radius 1 is 1.80 bits per heavy atom.